The largest absolute Gasteiger partial charge is 0.493 e. The Labute approximate surface area is 125 Å². The highest BCUT2D eigenvalue weighted by Crippen LogP contribution is 2.26. The molecule has 1 aromatic carbocycles. The molecular weight excluding hydrogens is 328 g/mol. The van der Waals surface area contributed by atoms with Crippen molar-refractivity contribution in [2.45, 2.75) is 6.92 Å². The molecule has 1 fully saturated rings. The topological polar surface area (TPSA) is 41.6 Å². The molecule has 100 valence electrons. The number of benzene rings is 1. The molecule has 0 aliphatic carbocycles. The van der Waals surface area contributed by atoms with Crippen LogP contribution in [0.15, 0.2) is 28.4 Å². The number of ether oxygens (including phenoxy) is 1. The second kappa shape index (κ2) is 5.71. The molecule has 0 saturated carbocycles. The zero-order valence-electron chi connectivity index (χ0n) is 10.6. The van der Waals surface area contributed by atoms with Crippen LogP contribution >= 0.6 is 28.1 Å². The summed E-state index contributed by atoms with van der Waals surface area (Å²) in [5, 5.41) is 3.30. The minimum Gasteiger partial charge on any atom is -0.493 e. The van der Waals surface area contributed by atoms with Crippen molar-refractivity contribution >= 4 is 45.2 Å². The third-order valence-corrected chi connectivity index (χ3v) is 3.52. The van der Waals surface area contributed by atoms with Crippen LogP contribution in [-0.4, -0.2) is 29.6 Å². The summed E-state index contributed by atoms with van der Waals surface area (Å²) in [6, 6.07) is 5.66. The zero-order chi connectivity index (χ0) is 14.0. The molecule has 1 aliphatic rings. The van der Waals surface area contributed by atoms with E-state index in [2.05, 4.69) is 21.2 Å². The average molecular weight is 341 g/mol. The van der Waals surface area contributed by atoms with Gasteiger partial charge in [-0.25, -0.2) is 0 Å². The summed E-state index contributed by atoms with van der Waals surface area (Å²) in [7, 11) is 1.64. The molecule has 1 heterocycles. The summed E-state index contributed by atoms with van der Waals surface area (Å²) in [6.07, 6.45) is 1.74. The van der Waals surface area contributed by atoms with Crippen LogP contribution in [0.2, 0.25) is 0 Å². The molecular formula is C13H13BrN2O2S. The van der Waals surface area contributed by atoms with Crippen molar-refractivity contribution in [1.29, 1.82) is 0 Å². The minimum absolute atomic E-state index is 0.146. The van der Waals surface area contributed by atoms with Gasteiger partial charge in [0.1, 0.15) is 11.4 Å². The molecule has 0 unspecified atom stereocenters. The van der Waals surface area contributed by atoms with Gasteiger partial charge in [0.2, 0.25) is 0 Å². The number of hydrogen-bond donors (Lipinski definition) is 1. The Hall–Kier alpha value is -1.40. The Morgan fingerprint density at radius 1 is 1.53 bits per heavy atom. The molecule has 19 heavy (non-hydrogen) atoms. The molecule has 1 amide bonds. The van der Waals surface area contributed by atoms with E-state index in [0.29, 0.717) is 17.4 Å². The molecule has 0 bridgehead atoms. The molecule has 1 N–H and O–H groups in total. The summed E-state index contributed by atoms with van der Waals surface area (Å²) in [6.45, 7) is 2.48. The lowest BCUT2D eigenvalue weighted by molar-refractivity contribution is -0.121. The number of nitrogens with one attached hydrogen (secondary N) is 1. The Kier molecular flexibility index (Phi) is 4.21. The summed E-state index contributed by atoms with van der Waals surface area (Å²) in [5.74, 6) is 0.584. The van der Waals surface area contributed by atoms with Crippen molar-refractivity contribution in [2.24, 2.45) is 0 Å². The van der Waals surface area contributed by atoms with Crippen molar-refractivity contribution in [1.82, 2.24) is 10.2 Å². The second-order valence-corrected chi connectivity index (χ2v) is 5.27. The van der Waals surface area contributed by atoms with Crippen LogP contribution < -0.4 is 10.1 Å². The van der Waals surface area contributed by atoms with Crippen molar-refractivity contribution in [3.8, 4) is 5.75 Å². The fourth-order valence-corrected chi connectivity index (χ4v) is 2.27. The summed E-state index contributed by atoms with van der Waals surface area (Å²) < 4.78 is 6.46. The van der Waals surface area contributed by atoms with Crippen LogP contribution in [0, 0.1) is 0 Å². The summed E-state index contributed by atoms with van der Waals surface area (Å²) in [4.78, 5) is 13.3. The number of carbonyl (C=O) groups is 1. The van der Waals surface area contributed by atoms with E-state index in [1.807, 2.05) is 25.1 Å². The van der Waals surface area contributed by atoms with Crippen molar-refractivity contribution in [3.05, 3.63) is 33.9 Å². The van der Waals surface area contributed by atoms with E-state index in [1.165, 1.54) is 4.90 Å². The highest BCUT2D eigenvalue weighted by Gasteiger charge is 2.27. The average Bonchev–Trinajstić information content (AvgIpc) is 2.61. The number of halogens is 1. The van der Waals surface area contributed by atoms with Crippen molar-refractivity contribution < 1.29 is 9.53 Å². The van der Waals surface area contributed by atoms with Gasteiger partial charge < -0.3 is 10.1 Å². The lowest BCUT2D eigenvalue weighted by atomic mass is 10.1. The molecule has 2 rings (SSSR count). The van der Waals surface area contributed by atoms with Gasteiger partial charge in [0.05, 0.1) is 6.61 Å². The smallest absolute Gasteiger partial charge is 0.276 e. The monoisotopic (exact) mass is 340 g/mol. The maximum absolute atomic E-state index is 11.9. The lowest BCUT2D eigenvalue weighted by Gasteiger charge is -2.08. The van der Waals surface area contributed by atoms with E-state index >= 15 is 0 Å². The number of amides is 1. The Balaban J connectivity index is 2.40. The van der Waals surface area contributed by atoms with E-state index in [0.717, 1.165) is 15.8 Å². The maximum Gasteiger partial charge on any atom is 0.276 e. The minimum atomic E-state index is -0.146. The standard InChI is InChI=1S/C13H13BrN2O2S/c1-3-18-11-5-4-9(14)6-8(11)7-10-12(17)16(2)13(19)15-10/h4-7H,3H2,1-2H3,(H,15,19)/b10-7-. The van der Waals surface area contributed by atoms with E-state index < -0.39 is 0 Å². The molecule has 0 spiro atoms. The Morgan fingerprint density at radius 2 is 2.26 bits per heavy atom. The van der Waals surface area contributed by atoms with Gasteiger partial charge >= 0.3 is 0 Å². The lowest BCUT2D eigenvalue weighted by Crippen LogP contribution is -2.25. The van der Waals surface area contributed by atoms with Crippen LogP contribution in [0.4, 0.5) is 0 Å². The SMILES string of the molecule is CCOc1ccc(Br)cc1/C=C1\NC(=S)N(C)C1=O. The molecule has 0 radical (unpaired) electrons. The number of carbonyl (C=O) groups excluding carboxylic acids is 1. The molecule has 0 aromatic heterocycles. The molecule has 4 nitrogen and oxygen atoms in total. The van der Waals surface area contributed by atoms with E-state index in [9.17, 15) is 4.79 Å². The fourth-order valence-electron chi connectivity index (χ4n) is 1.70. The molecule has 6 heteroatoms. The number of nitrogens with zero attached hydrogens (tertiary/aromatic N) is 1. The van der Waals surface area contributed by atoms with Crippen molar-refractivity contribution in [3.63, 3.8) is 0 Å². The predicted octanol–water partition coefficient (Wildman–Crippen LogP) is 2.54. The van der Waals surface area contributed by atoms with E-state index in [4.69, 9.17) is 17.0 Å². The third kappa shape index (κ3) is 2.96. The van der Waals surface area contributed by atoms with Gasteiger partial charge in [-0.1, -0.05) is 15.9 Å². The quantitative estimate of drug-likeness (QED) is 0.678. The third-order valence-electron chi connectivity index (χ3n) is 2.65. The van der Waals surface area contributed by atoms with Gasteiger partial charge in [0.25, 0.3) is 5.91 Å². The zero-order valence-corrected chi connectivity index (χ0v) is 13.0. The van der Waals surface area contributed by atoms with E-state index in [1.54, 1.807) is 13.1 Å². The number of likely N-dealkylation sites (N-methyl/N-ethyl adjacent to an activating group) is 1. The summed E-state index contributed by atoms with van der Waals surface area (Å²) >= 11 is 8.44. The molecule has 0 atom stereocenters. The number of hydrogen-bond acceptors (Lipinski definition) is 3. The van der Waals surface area contributed by atoms with Gasteiger partial charge in [0.15, 0.2) is 5.11 Å². The number of rotatable bonds is 3. The first-order valence-electron chi connectivity index (χ1n) is 5.76. The number of thiocarbonyl (C=S) groups is 1. The van der Waals surface area contributed by atoms with E-state index in [-0.39, 0.29) is 5.91 Å². The maximum atomic E-state index is 11.9. The van der Waals surface area contributed by atoms with Crippen LogP contribution in [0.3, 0.4) is 0 Å². The summed E-state index contributed by atoms with van der Waals surface area (Å²) in [5.41, 5.74) is 1.27. The first-order chi connectivity index (χ1) is 9.02. The van der Waals surface area contributed by atoms with Crippen LogP contribution in [0.5, 0.6) is 5.75 Å². The van der Waals surface area contributed by atoms with Crippen LogP contribution in [0.25, 0.3) is 6.08 Å². The van der Waals surface area contributed by atoms with Gasteiger partial charge in [-0.2, -0.15) is 0 Å². The normalized spacial score (nSPS) is 17.0. The fraction of sp³-hybridized carbons (Fsp3) is 0.231. The molecule has 1 saturated heterocycles. The van der Waals surface area contributed by atoms with Crippen molar-refractivity contribution in [2.75, 3.05) is 13.7 Å². The first-order valence-corrected chi connectivity index (χ1v) is 6.96. The Bertz CT molecular complexity index is 572. The van der Waals surface area contributed by atoms with Gasteiger partial charge in [-0.3, -0.25) is 9.69 Å². The van der Waals surface area contributed by atoms with Crippen LogP contribution in [-0.2, 0) is 4.79 Å². The van der Waals surface area contributed by atoms with Crippen LogP contribution in [0.1, 0.15) is 12.5 Å². The highest BCUT2D eigenvalue weighted by molar-refractivity contribution is 9.10. The highest BCUT2D eigenvalue weighted by atomic mass is 79.9. The van der Waals surface area contributed by atoms with Gasteiger partial charge in [-0.15, -0.1) is 0 Å². The first kappa shape index (κ1) is 14.0. The van der Waals surface area contributed by atoms with Gasteiger partial charge in [0, 0.05) is 17.1 Å². The molecule has 1 aromatic rings. The predicted molar refractivity (Wildman–Crippen MR) is 81.8 cm³/mol. The molecule has 1 aliphatic heterocycles. The second-order valence-electron chi connectivity index (χ2n) is 3.97. The van der Waals surface area contributed by atoms with Gasteiger partial charge in [-0.05, 0) is 43.4 Å². The Morgan fingerprint density at radius 3 is 2.84 bits per heavy atom.